The van der Waals surface area contributed by atoms with Gasteiger partial charge in [0.1, 0.15) is 0 Å². The average Bonchev–Trinajstić information content (AvgIpc) is 2.07. The van der Waals surface area contributed by atoms with Crippen molar-refractivity contribution in [3.05, 3.63) is 29.6 Å². The van der Waals surface area contributed by atoms with Gasteiger partial charge in [0.15, 0.2) is 0 Å². The van der Waals surface area contributed by atoms with Crippen molar-refractivity contribution < 1.29 is 13.2 Å². The Hall–Kier alpha value is -1.06. The Morgan fingerprint density at radius 1 is 1.23 bits per heavy atom. The van der Waals surface area contributed by atoms with Gasteiger partial charge in [0.05, 0.1) is 5.56 Å². The van der Waals surface area contributed by atoms with Crippen molar-refractivity contribution in [2.24, 2.45) is 0 Å². The second-order valence-corrected chi connectivity index (χ2v) is 2.19. The van der Waals surface area contributed by atoms with Gasteiger partial charge >= 0.3 is 6.18 Å². The van der Waals surface area contributed by atoms with Crippen molar-refractivity contribution in [3.8, 4) is 0 Å². The second-order valence-electron chi connectivity index (χ2n) is 2.19. The molecule has 0 fully saturated rings. The molecule has 0 saturated heterocycles. The first kappa shape index (κ1) is 11.9. The highest BCUT2D eigenvalue weighted by atomic mass is 19.4. The molecule has 0 bridgehead atoms. The quantitative estimate of drug-likeness (QED) is 0.612. The van der Waals surface area contributed by atoms with Crippen molar-refractivity contribution in [2.45, 2.75) is 26.9 Å². The van der Waals surface area contributed by atoms with E-state index in [9.17, 15) is 13.2 Å². The van der Waals surface area contributed by atoms with Gasteiger partial charge in [-0.3, -0.25) is 4.98 Å². The number of halogens is 3. The number of nitrogens with zero attached hydrogens (tertiary/aromatic N) is 1. The summed E-state index contributed by atoms with van der Waals surface area (Å²) in [6.07, 6.45) is -2.11. The van der Waals surface area contributed by atoms with Crippen LogP contribution in [0.4, 0.5) is 13.2 Å². The summed E-state index contributed by atoms with van der Waals surface area (Å²) in [6, 6.07) is 1.34. The molecule has 0 N–H and O–H groups in total. The molecule has 0 aliphatic heterocycles. The molecule has 1 aromatic rings. The molecular formula is C9H12F3N. The van der Waals surface area contributed by atoms with E-state index < -0.39 is 11.7 Å². The predicted molar refractivity (Wildman–Crippen MR) is 45.3 cm³/mol. The van der Waals surface area contributed by atoms with E-state index in [1.165, 1.54) is 19.2 Å². The molecule has 1 aromatic heterocycles. The highest BCUT2D eigenvalue weighted by molar-refractivity contribution is 5.23. The van der Waals surface area contributed by atoms with E-state index in [0.29, 0.717) is 0 Å². The van der Waals surface area contributed by atoms with Crippen LogP contribution in [0, 0.1) is 6.92 Å². The maximum Gasteiger partial charge on any atom is 0.418 e. The van der Waals surface area contributed by atoms with Crippen LogP contribution in [0.5, 0.6) is 0 Å². The zero-order chi connectivity index (χ0) is 10.5. The van der Waals surface area contributed by atoms with Gasteiger partial charge in [-0.25, -0.2) is 0 Å². The van der Waals surface area contributed by atoms with Crippen LogP contribution >= 0.6 is 0 Å². The highest BCUT2D eigenvalue weighted by Gasteiger charge is 2.32. The van der Waals surface area contributed by atoms with Crippen molar-refractivity contribution >= 4 is 0 Å². The topological polar surface area (TPSA) is 12.9 Å². The number of pyridine rings is 1. The summed E-state index contributed by atoms with van der Waals surface area (Å²) in [5, 5.41) is 0. The third-order valence-electron chi connectivity index (χ3n) is 1.34. The van der Waals surface area contributed by atoms with Crippen LogP contribution in [0.25, 0.3) is 0 Å². The van der Waals surface area contributed by atoms with Crippen LogP contribution in [0.1, 0.15) is 25.0 Å². The number of aryl methyl sites for hydroxylation is 1. The van der Waals surface area contributed by atoms with E-state index in [0.717, 1.165) is 6.20 Å². The lowest BCUT2D eigenvalue weighted by molar-refractivity contribution is -0.138. The molecule has 0 saturated carbocycles. The maximum absolute atomic E-state index is 12.0. The molecule has 0 aromatic carbocycles. The number of hydrogen-bond donors (Lipinski definition) is 0. The van der Waals surface area contributed by atoms with E-state index >= 15 is 0 Å². The zero-order valence-electron chi connectivity index (χ0n) is 7.81. The van der Waals surface area contributed by atoms with Crippen LogP contribution in [-0.2, 0) is 6.18 Å². The van der Waals surface area contributed by atoms with Crippen LogP contribution < -0.4 is 0 Å². The Bertz CT molecular complexity index is 255. The Morgan fingerprint density at radius 3 is 2.08 bits per heavy atom. The molecule has 1 rings (SSSR count). The summed E-state index contributed by atoms with van der Waals surface area (Å²) in [6.45, 7) is 5.41. The van der Waals surface area contributed by atoms with Crippen molar-refractivity contribution in [1.82, 2.24) is 4.98 Å². The minimum absolute atomic E-state index is 0.201. The van der Waals surface area contributed by atoms with E-state index in [-0.39, 0.29) is 5.56 Å². The van der Waals surface area contributed by atoms with Crippen LogP contribution in [0.3, 0.4) is 0 Å². The SMILES string of the molecule is CC.Cc1ccncc1C(F)(F)F. The van der Waals surface area contributed by atoms with Gasteiger partial charge in [-0.1, -0.05) is 13.8 Å². The molecule has 13 heavy (non-hydrogen) atoms. The lowest BCUT2D eigenvalue weighted by Crippen LogP contribution is -2.07. The molecule has 74 valence electrons. The van der Waals surface area contributed by atoms with Gasteiger partial charge < -0.3 is 0 Å². The van der Waals surface area contributed by atoms with Crippen LogP contribution in [-0.4, -0.2) is 4.98 Å². The Kier molecular flexibility index (Phi) is 4.45. The summed E-state index contributed by atoms with van der Waals surface area (Å²) >= 11 is 0. The van der Waals surface area contributed by atoms with E-state index in [4.69, 9.17) is 0 Å². The van der Waals surface area contributed by atoms with E-state index in [1.807, 2.05) is 13.8 Å². The third-order valence-corrected chi connectivity index (χ3v) is 1.34. The van der Waals surface area contributed by atoms with Crippen molar-refractivity contribution in [3.63, 3.8) is 0 Å². The lowest BCUT2D eigenvalue weighted by atomic mass is 10.1. The first-order valence-corrected chi connectivity index (χ1v) is 3.99. The summed E-state index contributed by atoms with van der Waals surface area (Å²) < 4.78 is 36.0. The van der Waals surface area contributed by atoms with Crippen LogP contribution in [0.15, 0.2) is 18.5 Å². The molecule has 0 spiro atoms. The average molecular weight is 191 g/mol. The van der Waals surface area contributed by atoms with Gasteiger partial charge in [-0.2, -0.15) is 13.2 Å². The van der Waals surface area contributed by atoms with Gasteiger partial charge in [-0.05, 0) is 18.6 Å². The van der Waals surface area contributed by atoms with Gasteiger partial charge in [0.2, 0.25) is 0 Å². The minimum Gasteiger partial charge on any atom is -0.264 e. The number of hydrogen-bond acceptors (Lipinski definition) is 1. The molecule has 1 nitrogen and oxygen atoms in total. The fourth-order valence-corrected chi connectivity index (χ4v) is 0.761. The zero-order valence-corrected chi connectivity index (χ0v) is 7.81. The smallest absolute Gasteiger partial charge is 0.264 e. The second kappa shape index (κ2) is 4.84. The van der Waals surface area contributed by atoms with Gasteiger partial charge in [-0.15, -0.1) is 0 Å². The predicted octanol–water partition coefficient (Wildman–Crippen LogP) is 3.44. The molecule has 1 heterocycles. The molecule has 0 unspecified atom stereocenters. The van der Waals surface area contributed by atoms with Crippen molar-refractivity contribution in [1.29, 1.82) is 0 Å². The number of rotatable bonds is 0. The fourth-order valence-electron chi connectivity index (χ4n) is 0.761. The highest BCUT2D eigenvalue weighted by Crippen LogP contribution is 2.30. The monoisotopic (exact) mass is 191 g/mol. The molecule has 0 atom stereocenters. The summed E-state index contributed by atoms with van der Waals surface area (Å²) in [7, 11) is 0. The number of aromatic nitrogens is 1. The Morgan fingerprint density at radius 2 is 1.77 bits per heavy atom. The number of alkyl halides is 3. The fraction of sp³-hybridized carbons (Fsp3) is 0.444. The normalized spacial score (nSPS) is 10.3. The van der Waals surface area contributed by atoms with E-state index in [1.54, 1.807) is 0 Å². The largest absolute Gasteiger partial charge is 0.418 e. The first-order chi connectivity index (χ1) is 6.02. The molecule has 0 radical (unpaired) electrons. The summed E-state index contributed by atoms with van der Waals surface area (Å²) in [4.78, 5) is 3.39. The molecule has 4 heteroatoms. The minimum atomic E-state index is -4.28. The van der Waals surface area contributed by atoms with Gasteiger partial charge in [0, 0.05) is 12.4 Å². The lowest BCUT2D eigenvalue weighted by Gasteiger charge is -2.07. The van der Waals surface area contributed by atoms with Crippen LogP contribution in [0.2, 0.25) is 0 Å². The first-order valence-electron chi connectivity index (χ1n) is 3.99. The Balaban J connectivity index is 0.000000671. The van der Waals surface area contributed by atoms with E-state index in [2.05, 4.69) is 4.98 Å². The summed E-state index contributed by atoms with van der Waals surface area (Å²) in [5.74, 6) is 0. The van der Waals surface area contributed by atoms with Crippen molar-refractivity contribution in [2.75, 3.05) is 0 Å². The summed E-state index contributed by atoms with van der Waals surface area (Å²) in [5.41, 5.74) is -0.465. The third kappa shape index (κ3) is 3.44. The molecule has 0 aliphatic carbocycles. The standard InChI is InChI=1S/C7H6F3N.C2H6/c1-5-2-3-11-4-6(5)7(8,9)10;1-2/h2-4H,1H3;1-2H3. The Labute approximate surface area is 75.6 Å². The molecule has 0 aliphatic rings. The molecular weight excluding hydrogens is 179 g/mol. The van der Waals surface area contributed by atoms with Gasteiger partial charge in [0.25, 0.3) is 0 Å². The maximum atomic E-state index is 12.0. The molecule has 0 amide bonds.